The maximum absolute atomic E-state index is 13.9. The molecule has 0 spiro atoms. The van der Waals surface area contributed by atoms with Gasteiger partial charge in [-0.25, -0.2) is 9.37 Å². The Morgan fingerprint density at radius 3 is 2.84 bits per heavy atom. The molecular weight excluding hydrogens is 433 g/mol. The van der Waals surface area contributed by atoms with Crippen molar-refractivity contribution in [3.8, 4) is 5.75 Å². The molecule has 1 atom stereocenters. The van der Waals surface area contributed by atoms with Gasteiger partial charge in [0.2, 0.25) is 5.91 Å². The summed E-state index contributed by atoms with van der Waals surface area (Å²) < 4.78 is 25.3. The van der Waals surface area contributed by atoms with E-state index in [-0.39, 0.29) is 35.7 Å². The van der Waals surface area contributed by atoms with Crippen LogP contribution in [0, 0.1) is 5.82 Å². The van der Waals surface area contributed by atoms with E-state index >= 15 is 0 Å². The molecule has 0 aliphatic carbocycles. The minimum atomic E-state index is -0.620. The molecule has 1 unspecified atom stereocenters. The number of ketones is 1. The number of carbonyl (C=O) groups is 2. The molecule has 3 aromatic rings. The summed E-state index contributed by atoms with van der Waals surface area (Å²) in [7, 11) is 0. The van der Waals surface area contributed by atoms with Crippen LogP contribution in [0.15, 0.2) is 53.7 Å². The van der Waals surface area contributed by atoms with Crippen molar-refractivity contribution in [2.24, 2.45) is 0 Å². The highest BCUT2D eigenvalue weighted by Crippen LogP contribution is 2.20. The SMILES string of the molecule is CC(=O)c1ccc(OCC2CN(C(=O)CSc3cnc4ccccc4n3)CCO2)cc1F. The summed E-state index contributed by atoms with van der Waals surface area (Å²) in [6.45, 7) is 2.77. The van der Waals surface area contributed by atoms with Gasteiger partial charge in [0.1, 0.15) is 29.3 Å². The first-order valence-electron chi connectivity index (χ1n) is 10.2. The Balaban J connectivity index is 1.28. The lowest BCUT2D eigenvalue weighted by molar-refractivity contribution is -0.137. The first-order valence-corrected chi connectivity index (χ1v) is 11.2. The van der Waals surface area contributed by atoms with Crippen LogP contribution >= 0.6 is 11.8 Å². The van der Waals surface area contributed by atoms with E-state index in [1.807, 2.05) is 24.3 Å². The molecular formula is C23H22FN3O4S. The summed E-state index contributed by atoms with van der Waals surface area (Å²) in [6.07, 6.45) is 1.35. The number of aromatic nitrogens is 2. The molecule has 32 heavy (non-hydrogen) atoms. The predicted molar refractivity (Wildman–Crippen MR) is 118 cm³/mol. The van der Waals surface area contributed by atoms with Gasteiger partial charge < -0.3 is 14.4 Å². The molecule has 1 aromatic heterocycles. The van der Waals surface area contributed by atoms with E-state index < -0.39 is 5.82 Å². The van der Waals surface area contributed by atoms with Gasteiger partial charge in [0, 0.05) is 12.6 Å². The number of carbonyl (C=O) groups excluding carboxylic acids is 2. The van der Waals surface area contributed by atoms with E-state index in [1.54, 1.807) is 17.2 Å². The highest BCUT2D eigenvalue weighted by Gasteiger charge is 2.25. The fraction of sp³-hybridized carbons (Fsp3) is 0.304. The average molecular weight is 456 g/mol. The molecule has 0 saturated carbocycles. The summed E-state index contributed by atoms with van der Waals surface area (Å²) in [4.78, 5) is 34.6. The van der Waals surface area contributed by atoms with Gasteiger partial charge in [0.05, 0.1) is 41.7 Å². The van der Waals surface area contributed by atoms with Crippen LogP contribution in [0.25, 0.3) is 11.0 Å². The van der Waals surface area contributed by atoms with Crippen LogP contribution in [0.3, 0.4) is 0 Å². The normalized spacial score (nSPS) is 16.2. The van der Waals surface area contributed by atoms with E-state index in [9.17, 15) is 14.0 Å². The number of nitrogens with zero attached hydrogens (tertiary/aromatic N) is 3. The number of para-hydroxylation sites is 2. The van der Waals surface area contributed by atoms with Crippen molar-refractivity contribution >= 4 is 34.5 Å². The molecule has 7 nitrogen and oxygen atoms in total. The summed E-state index contributed by atoms with van der Waals surface area (Å²) in [6, 6.07) is 11.7. The number of amides is 1. The Hall–Kier alpha value is -3.04. The lowest BCUT2D eigenvalue weighted by Gasteiger charge is -2.32. The van der Waals surface area contributed by atoms with Crippen molar-refractivity contribution in [3.05, 3.63) is 60.0 Å². The van der Waals surface area contributed by atoms with Crippen molar-refractivity contribution in [1.29, 1.82) is 0 Å². The zero-order valence-corrected chi connectivity index (χ0v) is 18.3. The Kier molecular flexibility index (Phi) is 6.96. The van der Waals surface area contributed by atoms with E-state index in [4.69, 9.17) is 9.47 Å². The number of morpholine rings is 1. The number of benzene rings is 2. The highest BCUT2D eigenvalue weighted by molar-refractivity contribution is 7.99. The largest absolute Gasteiger partial charge is 0.491 e. The number of halogens is 1. The van der Waals surface area contributed by atoms with Crippen molar-refractivity contribution in [1.82, 2.24) is 14.9 Å². The first-order chi connectivity index (χ1) is 15.5. The molecule has 0 bridgehead atoms. The van der Waals surface area contributed by atoms with Crippen LogP contribution in [-0.2, 0) is 9.53 Å². The zero-order valence-electron chi connectivity index (χ0n) is 17.5. The molecule has 2 heterocycles. The molecule has 1 aliphatic heterocycles. The van der Waals surface area contributed by atoms with Gasteiger partial charge in [-0.3, -0.25) is 14.6 Å². The summed E-state index contributed by atoms with van der Waals surface area (Å²) >= 11 is 1.35. The summed E-state index contributed by atoms with van der Waals surface area (Å²) in [5.74, 6) is -0.421. The van der Waals surface area contributed by atoms with Gasteiger partial charge in [0.25, 0.3) is 0 Å². The fourth-order valence-corrected chi connectivity index (χ4v) is 4.09. The molecule has 1 saturated heterocycles. The third kappa shape index (κ3) is 5.41. The van der Waals surface area contributed by atoms with Gasteiger partial charge >= 0.3 is 0 Å². The van der Waals surface area contributed by atoms with E-state index in [0.717, 1.165) is 11.0 Å². The molecule has 2 aromatic carbocycles. The molecule has 166 valence electrons. The maximum Gasteiger partial charge on any atom is 0.233 e. The molecule has 1 aliphatic rings. The lowest BCUT2D eigenvalue weighted by atomic mass is 10.1. The number of ether oxygens (including phenoxy) is 2. The molecule has 1 fully saturated rings. The fourth-order valence-electron chi connectivity index (χ4n) is 3.34. The molecule has 0 N–H and O–H groups in total. The van der Waals surface area contributed by atoms with Crippen LogP contribution in [0.1, 0.15) is 17.3 Å². The number of hydrogen-bond acceptors (Lipinski definition) is 7. The number of thioether (sulfide) groups is 1. The average Bonchev–Trinajstić information content (AvgIpc) is 2.81. The molecule has 9 heteroatoms. The van der Waals surface area contributed by atoms with Gasteiger partial charge in [0.15, 0.2) is 5.78 Å². The van der Waals surface area contributed by atoms with Crippen LogP contribution in [0.2, 0.25) is 0 Å². The second-order valence-corrected chi connectivity index (χ2v) is 8.32. The van der Waals surface area contributed by atoms with Crippen molar-refractivity contribution < 1.29 is 23.5 Å². The van der Waals surface area contributed by atoms with Gasteiger partial charge in [-0.2, -0.15) is 0 Å². The molecule has 4 rings (SSSR count). The Bertz CT molecular complexity index is 1140. The van der Waals surface area contributed by atoms with Crippen molar-refractivity contribution in [2.45, 2.75) is 18.1 Å². The standard InChI is InChI=1S/C23H22FN3O4S/c1-15(28)18-7-6-16(10-19(18)24)31-13-17-12-27(8-9-30-17)23(29)14-32-22-11-25-20-4-2-3-5-21(20)26-22/h2-7,10-11,17H,8-9,12-14H2,1H3. The molecule has 1 amide bonds. The highest BCUT2D eigenvalue weighted by atomic mass is 32.2. The molecule has 0 radical (unpaired) electrons. The minimum absolute atomic E-state index is 0.0184. The number of fused-ring (bicyclic) bond motifs is 1. The second kappa shape index (κ2) is 10.1. The van der Waals surface area contributed by atoms with Crippen molar-refractivity contribution in [2.75, 3.05) is 32.1 Å². The van der Waals surface area contributed by atoms with E-state index in [2.05, 4.69) is 9.97 Å². The Morgan fingerprint density at radius 1 is 1.25 bits per heavy atom. The third-order valence-electron chi connectivity index (χ3n) is 5.02. The topological polar surface area (TPSA) is 81.6 Å². The van der Waals surface area contributed by atoms with E-state index in [1.165, 1.54) is 30.8 Å². The lowest BCUT2D eigenvalue weighted by Crippen LogP contribution is -2.48. The predicted octanol–water partition coefficient (Wildman–Crippen LogP) is 3.37. The Morgan fingerprint density at radius 2 is 2.06 bits per heavy atom. The summed E-state index contributed by atoms with van der Waals surface area (Å²) in [5.41, 5.74) is 1.63. The number of Topliss-reactive ketones (excluding diaryl/α,β-unsaturated/α-hetero) is 1. The summed E-state index contributed by atoms with van der Waals surface area (Å²) in [5, 5.41) is 0.696. The number of rotatable bonds is 7. The second-order valence-electron chi connectivity index (χ2n) is 7.33. The third-order valence-corrected chi connectivity index (χ3v) is 5.90. The maximum atomic E-state index is 13.9. The Labute approximate surface area is 188 Å². The minimum Gasteiger partial charge on any atom is -0.491 e. The first kappa shape index (κ1) is 22.2. The van der Waals surface area contributed by atoms with Gasteiger partial charge in [-0.05, 0) is 31.2 Å². The van der Waals surface area contributed by atoms with Crippen LogP contribution in [0.4, 0.5) is 4.39 Å². The van der Waals surface area contributed by atoms with Crippen LogP contribution in [-0.4, -0.2) is 64.7 Å². The van der Waals surface area contributed by atoms with Gasteiger partial charge in [-0.1, -0.05) is 23.9 Å². The zero-order chi connectivity index (χ0) is 22.5. The monoisotopic (exact) mass is 455 g/mol. The quantitative estimate of drug-likeness (QED) is 0.399. The van der Waals surface area contributed by atoms with Crippen LogP contribution in [0.5, 0.6) is 5.75 Å². The number of hydrogen-bond donors (Lipinski definition) is 0. The van der Waals surface area contributed by atoms with E-state index in [0.29, 0.717) is 30.5 Å². The van der Waals surface area contributed by atoms with Crippen molar-refractivity contribution in [3.63, 3.8) is 0 Å². The van der Waals surface area contributed by atoms with Gasteiger partial charge in [-0.15, -0.1) is 0 Å². The smallest absolute Gasteiger partial charge is 0.233 e. The van der Waals surface area contributed by atoms with Crippen LogP contribution < -0.4 is 4.74 Å².